The van der Waals surface area contributed by atoms with Crippen LogP contribution < -0.4 is 15.4 Å². The van der Waals surface area contributed by atoms with Crippen molar-refractivity contribution in [1.82, 2.24) is 15.0 Å². The molecule has 0 bridgehead atoms. The van der Waals surface area contributed by atoms with E-state index in [1.807, 2.05) is 0 Å². The van der Waals surface area contributed by atoms with Gasteiger partial charge in [-0.15, -0.1) is 0 Å². The molecule has 3 heterocycles. The molecule has 1 amide bonds. The van der Waals surface area contributed by atoms with Gasteiger partial charge in [0, 0.05) is 30.2 Å². The number of carbonyl (C=O) groups excluding carboxylic acids is 1. The standard InChI is InChI=1S/C19H13F6N5O2/c20-10-18(21,22)32-14-4-5-26-9-13(14)29-17(31)11-3-6-27-16(7-11)30-15-2-1-12(8-28-15)19(23,24)25/h1-9H,10H2,(H,29,31)(H,27,28,30). The van der Waals surface area contributed by atoms with Crippen LogP contribution in [0.5, 0.6) is 5.75 Å². The van der Waals surface area contributed by atoms with Gasteiger partial charge in [-0.2, -0.15) is 22.0 Å². The van der Waals surface area contributed by atoms with Crippen LogP contribution in [0.1, 0.15) is 15.9 Å². The van der Waals surface area contributed by atoms with Gasteiger partial charge in [-0.3, -0.25) is 9.78 Å². The first-order valence-electron chi connectivity index (χ1n) is 8.72. The number of carbonyl (C=O) groups is 1. The summed E-state index contributed by atoms with van der Waals surface area (Å²) in [6.07, 6.45) is -4.61. The molecule has 0 spiro atoms. The van der Waals surface area contributed by atoms with Crippen LogP contribution in [0.4, 0.5) is 43.7 Å². The highest BCUT2D eigenvalue weighted by atomic mass is 19.4. The van der Waals surface area contributed by atoms with Crippen molar-refractivity contribution in [3.8, 4) is 5.75 Å². The summed E-state index contributed by atoms with van der Waals surface area (Å²) in [5.41, 5.74) is -1.15. The minimum absolute atomic E-state index is 0.0152. The SMILES string of the molecule is O=C(Nc1cnccc1OC(F)(F)CF)c1ccnc(Nc2ccc(C(F)(F)F)cn2)c1. The van der Waals surface area contributed by atoms with Crippen LogP contribution in [-0.4, -0.2) is 33.6 Å². The summed E-state index contributed by atoms with van der Waals surface area (Å²) in [6, 6.07) is 5.48. The number of nitrogens with one attached hydrogen (secondary N) is 2. The van der Waals surface area contributed by atoms with Gasteiger partial charge in [-0.1, -0.05) is 0 Å². The van der Waals surface area contributed by atoms with E-state index in [0.29, 0.717) is 6.20 Å². The van der Waals surface area contributed by atoms with Gasteiger partial charge in [0.25, 0.3) is 5.91 Å². The van der Waals surface area contributed by atoms with Crippen molar-refractivity contribution in [1.29, 1.82) is 0 Å². The first-order valence-corrected chi connectivity index (χ1v) is 8.72. The van der Waals surface area contributed by atoms with Gasteiger partial charge in [0.2, 0.25) is 0 Å². The molecule has 3 rings (SSSR count). The number of amides is 1. The lowest BCUT2D eigenvalue weighted by atomic mass is 10.2. The number of anilines is 3. The molecule has 0 saturated carbocycles. The van der Waals surface area contributed by atoms with Gasteiger partial charge in [-0.05, 0) is 24.3 Å². The maximum atomic E-state index is 13.2. The molecule has 0 aliphatic carbocycles. The van der Waals surface area contributed by atoms with Gasteiger partial charge < -0.3 is 15.4 Å². The molecule has 2 N–H and O–H groups in total. The lowest BCUT2D eigenvalue weighted by Crippen LogP contribution is -2.27. The van der Waals surface area contributed by atoms with Gasteiger partial charge in [0.15, 0.2) is 12.4 Å². The van der Waals surface area contributed by atoms with E-state index in [9.17, 15) is 31.1 Å². The zero-order valence-electron chi connectivity index (χ0n) is 15.8. The van der Waals surface area contributed by atoms with Crippen molar-refractivity contribution in [2.75, 3.05) is 17.3 Å². The second kappa shape index (κ2) is 9.08. The summed E-state index contributed by atoms with van der Waals surface area (Å²) in [5, 5.41) is 4.95. The first kappa shape index (κ1) is 22.8. The Labute approximate surface area is 176 Å². The molecular formula is C19H13F6N5O2. The molecule has 0 unspecified atom stereocenters. The van der Waals surface area contributed by atoms with E-state index in [2.05, 4.69) is 30.3 Å². The molecule has 0 aromatic carbocycles. The smallest absolute Gasteiger partial charge is 0.427 e. The molecule has 0 saturated heterocycles. The number of halogens is 6. The molecule has 3 aromatic heterocycles. The fourth-order valence-corrected chi connectivity index (χ4v) is 2.35. The molecule has 3 aromatic rings. The quantitative estimate of drug-likeness (QED) is 0.495. The van der Waals surface area contributed by atoms with Crippen molar-refractivity contribution in [3.05, 3.63) is 66.2 Å². The van der Waals surface area contributed by atoms with Crippen LogP contribution in [0.3, 0.4) is 0 Å². The zero-order valence-corrected chi connectivity index (χ0v) is 15.8. The molecule has 32 heavy (non-hydrogen) atoms. The Morgan fingerprint density at radius 3 is 2.41 bits per heavy atom. The minimum Gasteiger partial charge on any atom is -0.428 e. The maximum absolute atomic E-state index is 13.2. The molecule has 0 atom stereocenters. The molecule has 7 nitrogen and oxygen atoms in total. The van der Waals surface area contributed by atoms with Gasteiger partial charge in [-0.25, -0.2) is 14.4 Å². The number of hydrogen-bond donors (Lipinski definition) is 2. The number of rotatable bonds is 7. The third kappa shape index (κ3) is 5.83. The Hall–Kier alpha value is -3.90. The number of nitrogens with zero attached hydrogens (tertiary/aromatic N) is 3. The number of aromatic nitrogens is 3. The lowest BCUT2D eigenvalue weighted by molar-refractivity contribution is -0.186. The summed E-state index contributed by atoms with van der Waals surface area (Å²) < 4.78 is 80.9. The van der Waals surface area contributed by atoms with Crippen molar-refractivity contribution < 1.29 is 35.9 Å². The maximum Gasteiger partial charge on any atom is 0.427 e. The third-order valence-electron chi connectivity index (χ3n) is 3.81. The summed E-state index contributed by atoms with van der Waals surface area (Å²) in [4.78, 5) is 23.8. The average Bonchev–Trinajstić information content (AvgIpc) is 2.75. The van der Waals surface area contributed by atoms with Crippen LogP contribution in [0.2, 0.25) is 0 Å². The number of alkyl halides is 6. The highest BCUT2D eigenvalue weighted by Gasteiger charge is 2.33. The second-order valence-corrected chi connectivity index (χ2v) is 6.18. The highest BCUT2D eigenvalue weighted by Crippen LogP contribution is 2.30. The fraction of sp³-hybridized carbons (Fsp3) is 0.158. The second-order valence-electron chi connectivity index (χ2n) is 6.18. The number of ether oxygens (including phenoxy) is 1. The molecule has 0 aliphatic rings. The number of pyridine rings is 3. The Balaban J connectivity index is 1.74. The van der Waals surface area contributed by atoms with Crippen LogP contribution in [0.25, 0.3) is 0 Å². The summed E-state index contributed by atoms with van der Waals surface area (Å²) >= 11 is 0. The van der Waals surface area contributed by atoms with E-state index in [0.717, 1.165) is 30.6 Å². The minimum atomic E-state index is -4.54. The van der Waals surface area contributed by atoms with E-state index in [1.54, 1.807) is 0 Å². The molecular weight excluding hydrogens is 444 g/mol. The molecule has 13 heteroatoms. The largest absolute Gasteiger partial charge is 0.428 e. The fourth-order valence-electron chi connectivity index (χ4n) is 2.35. The van der Waals surface area contributed by atoms with Gasteiger partial charge >= 0.3 is 12.3 Å². The van der Waals surface area contributed by atoms with Crippen LogP contribution >= 0.6 is 0 Å². The van der Waals surface area contributed by atoms with E-state index in [1.165, 1.54) is 18.3 Å². The third-order valence-corrected chi connectivity index (χ3v) is 3.81. The van der Waals surface area contributed by atoms with E-state index in [4.69, 9.17) is 0 Å². The predicted molar refractivity (Wildman–Crippen MR) is 100 cm³/mol. The molecule has 0 radical (unpaired) electrons. The van der Waals surface area contributed by atoms with Gasteiger partial charge in [0.05, 0.1) is 11.8 Å². The summed E-state index contributed by atoms with van der Waals surface area (Å²) in [5.74, 6) is -1.15. The van der Waals surface area contributed by atoms with Crippen LogP contribution in [-0.2, 0) is 6.18 Å². The zero-order chi connectivity index (χ0) is 23.4. The van der Waals surface area contributed by atoms with Crippen molar-refractivity contribution in [2.45, 2.75) is 12.3 Å². The highest BCUT2D eigenvalue weighted by molar-refractivity contribution is 6.05. The Kier molecular flexibility index (Phi) is 6.46. The monoisotopic (exact) mass is 457 g/mol. The van der Waals surface area contributed by atoms with Crippen molar-refractivity contribution in [2.24, 2.45) is 0 Å². The molecule has 0 fully saturated rings. The predicted octanol–water partition coefficient (Wildman–Crippen LogP) is 4.83. The molecule has 168 valence electrons. The Morgan fingerprint density at radius 2 is 1.75 bits per heavy atom. The van der Waals surface area contributed by atoms with E-state index < -0.39 is 36.2 Å². The van der Waals surface area contributed by atoms with E-state index in [-0.39, 0.29) is 22.9 Å². The Bertz CT molecular complexity index is 1090. The number of hydrogen-bond acceptors (Lipinski definition) is 6. The van der Waals surface area contributed by atoms with Crippen LogP contribution in [0, 0.1) is 0 Å². The topological polar surface area (TPSA) is 89.0 Å². The summed E-state index contributed by atoms with van der Waals surface area (Å²) in [6.45, 7) is -2.07. The van der Waals surface area contributed by atoms with Crippen molar-refractivity contribution >= 4 is 23.2 Å². The van der Waals surface area contributed by atoms with Crippen molar-refractivity contribution in [3.63, 3.8) is 0 Å². The normalized spacial score (nSPS) is 11.7. The summed E-state index contributed by atoms with van der Waals surface area (Å²) in [7, 11) is 0. The molecule has 0 aliphatic heterocycles. The van der Waals surface area contributed by atoms with Crippen LogP contribution in [0.15, 0.2) is 55.1 Å². The first-order chi connectivity index (χ1) is 15.1. The lowest BCUT2D eigenvalue weighted by Gasteiger charge is -2.17. The van der Waals surface area contributed by atoms with E-state index >= 15 is 0 Å². The average molecular weight is 457 g/mol. The van der Waals surface area contributed by atoms with Gasteiger partial charge in [0.1, 0.15) is 17.3 Å². The Morgan fingerprint density at radius 1 is 0.969 bits per heavy atom.